The van der Waals surface area contributed by atoms with Crippen LogP contribution in [0.5, 0.6) is 0 Å². The molecule has 0 fully saturated rings. The average Bonchev–Trinajstić information content (AvgIpc) is 3.34. The molecule has 0 N–H and O–H groups in total. The van der Waals surface area contributed by atoms with Gasteiger partial charge in [-0.25, -0.2) is 0 Å². The van der Waals surface area contributed by atoms with Crippen LogP contribution in [0.15, 0.2) is 70.6 Å². The van der Waals surface area contributed by atoms with Gasteiger partial charge in [-0.05, 0) is 35.2 Å². The summed E-state index contributed by atoms with van der Waals surface area (Å²) in [6.07, 6.45) is 0. The van der Waals surface area contributed by atoms with Crippen LogP contribution in [0.4, 0.5) is 0 Å². The third kappa shape index (κ3) is 4.32. The zero-order chi connectivity index (χ0) is 18.6. The normalized spacial score (nSPS) is 11.2. The Hall–Kier alpha value is -2.76. The third-order valence-corrected chi connectivity index (χ3v) is 5.28. The highest BCUT2D eigenvalue weighted by Gasteiger charge is 2.07. The van der Waals surface area contributed by atoms with E-state index < -0.39 is 0 Å². The van der Waals surface area contributed by atoms with E-state index in [-0.39, 0.29) is 0 Å². The minimum absolute atomic E-state index is 0.578. The van der Waals surface area contributed by atoms with Gasteiger partial charge in [0.25, 0.3) is 0 Å². The number of aromatic nitrogens is 2. The predicted octanol–water partition coefficient (Wildman–Crippen LogP) is 5.41. The van der Waals surface area contributed by atoms with Crippen molar-refractivity contribution in [3.05, 3.63) is 82.4 Å². The molecule has 0 unspecified atom stereocenters. The fraction of sp³-hybridized carbons (Fsp3) is 0.182. The number of hydrogen-bond donors (Lipinski definition) is 0. The monoisotopic (exact) mass is 375 g/mol. The minimum Gasteiger partial charge on any atom is -0.339 e. The Bertz CT molecular complexity index is 989. The van der Waals surface area contributed by atoms with Gasteiger partial charge in [0.05, 0.1) is 0 Å². The molecule has 4 aromatic rings. The number of hydrogen-bond acceptors (Lipinski definition) is 5. The number of benzene rings is 2. The molecule has 0 aliphatic rings. The molecule has 0 bridgehead atoms. The molecule has 0 radical (unpaired) electrons. The van der Waals surface area contributed by atoms with Crippen LogP contribution in [0.25, 0.3) is 22.5 Å². The lowest BCUT2D eigenvalue weighted by molar-refractivity contribution is 0.322. The van der Waals surface area contributed by atoms with E-state index in [1.54, 1.807) is 18.3 Å². The van der Waals surface area contributed by atoms with Gasteiger partial charge in [-0.3, -0.25) is 4.90 Å². The summed E-state index contributed by atoms with van der Waals surface area (Å²) >= 11 is 1.81. The number of aryl methyl sites for hydroxylation is 1. The van der Waals surface area contributed by atoms with Gasteiger partial charge in [0.1, 0.15) is 0 Å². The highest BCUT2D eigenvalue weighted by molar-refractivity contribution is 7.09. The van der Waals surface area contributed by atoms with Gasteiger partial charge in [-0.1, -0.05) is 59.8 Å². The van der Waals surface area contributed by atoms with E-state index in [9.17, 15) is 0 Å². The first-order valence-electron chi connectivity index (χ1n) is 8.88. The molecule has 136 valence electrons. The summed E-state index contributed by atoms with van der Waals surface area (Å²) < 4.78 is 5.05. The lowest BCUT2D eigenvalue weighted by Gasteiger charge is -2.16. The summed E-state index contributed by atoms with van der Waals surface area (Å²) in [6.45, 7) is 3.72. The fourth-order valence-electron chi connectivity index (χ4n) is 3.07. The van der Waals surface area contributed by atoms with E-state index in [1.165, 1.54) is 21.6 Å². The van der Waals surface area contributed by atoms with Crippen molar-refractivity contribution in [3.63, 3.8) is 0 Å². The molecule has 2 aromatic heterocycles. The van der Waals surface area contributed by atoms with Crippen LogP contribution in [-0.2, 0) is 13.1 Å². The van der Waals surface area contributed by atoms with Gasteiger partial charge in [0.2, 0.25) is 11.7 Å². The second-order valence-corrected chi connectivity index (χ2v) is 7.70. The van der Waals surface area contributed by atoms with Gasteiger partial charge in [-0.2, -0.15) is 4.98 Å². The molecule has 2 aromatic carbocycles. The summed E-state index contributed by atoms with van der Waals surface area (Å²) in [7, 11) is 2.16. The van der Waals surface area contributed by atoms with E-state index in [2.05, 4.69) is 76.0 Å². The smallest absolute Gasteiger partial charge is 0.223 e. The summed E-state index contributed by atoms with van der Waals surface area (Å²) in [5.41, 5.74) is 4.66. The summed E-state index contributed by atoms with van der Waals surface area (Å²) in [6, 6.07) is 21.3. The Kier molecular flexibility index (Phi) is 5.14. The number of nitrogens with zero attached hydrogens (tertiary/aromatic N) is 3. The van der Waals surface area contributed by atoms with Crippen molar-refractivity contribution >= 4 is 11.3 Å². The summed E-state index contributed by atoms with van der Waals surface area (Å²) in [4.78, 5) is 8.00. The molecule has 27 heavy (non-hydrogen) atoms. The Morgan fingerprint density at radius 3 is 2.15 bits per heavy atom. The second kappa shape index (κ2) is 7.86. The van der Waals surface area contributed by atoms with Crippen LogP contribution in [0, 0.1) is 6.92 Å². The predicted molar refractivity (Wildman–Crippen MR) is 109 cm³/mol. The summed E-state index contributed by atoms with van der Waals surface area (Å²) in [5.74, 6) is 1.21. The van der Waals surface area contributed by atoms with E-state index in [0.29, 0.717) is 11.7 Å². The maximum atomic E-state index is 5.05. The van der Waals surface area contributed by atoms with Crippen LogP contribution >= 0.6 is 11.3 Å². The maximum absolute atomic E-state index is 5.05. The molecular weight excluding hydrogens is 354 g/mol. The molecule has 2 heterocycles. The summed E-state index contributed by atoms with van der Waals surface area (Å²) in [5, 5.41) is 6.09. The topological polar surface area (TPSA) is 42.2 Å². The zero-order valence-electron chi connectivity index (χ0n) is 15.4. The van der Waals surface area contributed by atoms with Gasteiger partial charge in [0.15, 0.2) is 0 Å². The van der Waals surface area contributed by atoms with Crippen LogP contribution in [-0.4, -0.2) is 22.1 Å². The van der Waals surface area contributed by atoms with Gasteiger partial charge < -0.3 is 4.52 Å². The molecule has 0 amide bonds. The largest absolute Gasteiger partial charge is 0.339 e. The molecule has 0 atom stereocenters. The lowest BCUT2D eigenvalue weighted by atomic mass is 10.0. The van der Waals surface area contributed by atoms with Crippen molar-refractivity contribution in [3.8, 4) is 22.5 Å². The van der Waals surface area contributed by atoms with Crippen LogP contribution in [0.3, 0.4) is 0 Å². The standard InChI is InChI=1S/C22H21N3OS/c1-16-23-22(24-26-16)20-11-9-19(10-12-20)18-7-5-17(6-8-18)14-25(2)15-21-4-3-13-27-21/h3-13H,14-15H2,1-2H3. The van der Waals surface area contributed by atoms with Crippen molar-refractivity contribution in [1.29, 1.82) is 0 Å². The first-order valence-corrected chi connectivity index (χ1v) is 9.76. The molecule has 0 saturated heterocycles. The SMILES string of the molecule is Cc1nc(-c2ccc(-c3ccc(CN(C)Cc4cccs4)cc3)cc2)no1. The van der Waals surface area contributed by atoms with Crippen molar-refractivity contribution in [1.82, 2.24) is 15.0 Å². The average molecular weight is 375 g/mol. The van der Waals surface area contributed by atoms with Gasteiger partial charge in [-0.15, -0.1) is 11.3 Å². The Morgan fingerprint density at radius 1 is 0.889 bits per heavy atom. The van der Waals surface area contributed by atoms with Crippen LogP contribution in [0.2, 0.25) is 0 Å². The lowest BCUT2D eigenvalue weighted by Crippen LogP contribution is -2.16. The molecule has 0 aliphatic carbocycles. The third-order valence-electron chi connectivity index (χ3n) is 4.42. The Balaban J connectivity index is 1.42. The number of thiophene rings is 1. The molecular formula is C22H21N3OS. The van der Waals surface area contributed by atoms with Crippen LogP contribution < -0.4 is 0 Å². The number of rotatable bonds is 6. The first kappa shape index (κ1) is 17.6. The highest BCUT2D eigenvalue weighted by atomic mass is 32.1. The Labute approximate surface area is 163 Å². The second-order valence-electron chi connectivity index (χ2n) is 6.66. The maximum Gasteiger partial charge on any atom is 0.223 e. The zero-order valence-corrected chi connectivity index (χ0v) is 16.2. The van der Waals surface area contributed by atoms with Gasteiger partial charge >= 0.3 is 0 Å². The quantitative estimate of drug-likeness (QED) is 0.452. The fourth-order valence-corrected chi connectivity index (χ4v) is 3.85. The van der Waals surface area contributed by atoms with Crippen molar-refractivity contribution < 1.29 is 4.52 Å². The van der Waals surface area contributed by atoms with Crippen molar-refractivity contribution in [2.24, 2.45) is 0 Å². The minimum atomic E-state index is 0.578. The van der Waals surface area contributed by atoms with Crippen molar-refractivity contribution in [2.75, 3.05) is 7.05 Å². The Morgan fingerprint density at radius 2 is 1.56 bits per heavy atom. The molecule has 4 nitrogen and oxygen atoms in total. The van der Waals surface area contributed by atoms with Gasteiger partial charge in [0, 0.05) is 30.5 Å². The first-order chi connectivity index (χ1) is 13.2. The molecule has 5 heteroatoms. The van der Waals surface area contributed by atoms with E-state index >= 15 is 0 Å². The van der Waals surface area contributed by atoms with Crippen LogP contribution in [0.1, 0.15) is 16.3 Å². The highest BCUT2D eigenvalue weighted by Crippen LogP contribution is 2.24. The van der Waals surface area contributed by atoms with Crippen molar-refractivity contribution in [2.45, 2.75) is 20.0 Å². The van der Waals surface area contributed by atoms with E-state index in [1.807, 2.05) is 12.1 Å². The molecule has 0 aliphatic heterocycles. The molecule has 4 rings (SSSR count). The molecule has 0 saturated carbocycles. The van der Waals surface area contributed by atoms with E-state index in [0.717, 1.165) is 18.7 Å². The van der Waals surface area contributed by atoms with E-state index in [4.69, 9.17) is 4.52 Å². The molecule has 0 spiro atoms.